The van der Waals surface area contributed by atoms with Crippen LogP contribution in [0, 0.1) is 0 Å². The normalized spacial score (nSPS) is 16.9. The summed E-state index contributed by atoms with van der Waals surface area (Å²) in [6.07, 6.45) is 6.38. The quantitative estimate of drug-likeness (QED) is 0.362. The van der Waals surface area contributed by atoms with Crippen molar-refractivity contribution in [2.24, 2.45) is 5.16 Å². The first-order chi connectivity index (χ1) is 10.7. The summed E-state index contributed by atoms with van der Waals surface area (Å²) < 4.78 is 1.97. The van der Waals surface area contributed by atoms with Gasteiger partial charge in [0.2, 0.25) is 0 Å². The SMILES string of the molecule is CCCCN1CC/C(=N\O)c2ccn(CCCCCl)c2C1=O. The molecule has 0 atom stereocenters. The van der Waals surface area contributed by atoms with Crippen LogP contribution in [0.3, 0.4) is 0 Å². The smallest absolute Gasteiger partial charge is 0.271 e. The summed E-state index contributed by atoms with van der Waals surface area (Å²) in [5, 5.41) is 12.7. The van der Waals surface area contributed by atoms with Crippen molar-refractivity contribution in [3.63, 3.8) is 0 Å². The van der Waals surface area contributed by atoms with Crippen LogP contribution in [0.15, 0.2) is 17.4 Å². The molecule has 0 saturated carbocycles. The first kappa shape index (κ1) is 16.9. The summed E-state index contributed by atoms with van der Waals surface area (Å²) in [7, 11) is 0. The molecule has 1 aromatic rings. The number of halogens is 1. The van der Waals surface area contributed by atoms with Crippen molar-refractivity contribution in [3.8, 4) is 0 Å². The van der Waals surface area contributed by atoms with Gasteiger partial charge in [-0.05, 0) is 25.3 Å². The van der Waals surface area contributed by atoms with Crippen LogP contribution < -0.4 is 0 Å². The topological polar surface area (TPSA) is 57.8 Å². The minimum atomic E-state index is 0.0398. The second-order valence-corrected chi connectivity index (χ2v) is 5.99. The maximum atomic E-state index is 12.9. The predicted octanol–water partition coefficient (Wildman–Crippen LogP) is 3.33. The number of unbranched alkanes of at least 4 members (excludes halogenated alkanes) is 2. The zero-order valence-corrected chi connectivity index (χ0v) is 13.8. The molecule has 6 heteroatoms. The van der Waals surface area contributed by atoms with Crippen molar-refractivity contribution in [1.82, 2.24) is 9.47 Å². The lowest BCUT2D eigenvalue weighted by atomic mass is 10.1. The number of oxime groups is 1. The van der Waals surface area contributed by atoms with E-state index in [9.17, 15) is 10.0 Å². The van der Waals surface area contributed by atoms with E-state index in [-0.39, 0.29) is 5.91 Å². The first-order valence-corrected chi connectivity index (χ1v) is 8.52. The van der Waals surface area contributed by atoms with Crippen molar-refractivity contribution < 1.29 is 10.0 Å². The van der Waals surface area contributed by atoms with Gasteiger partial charge in [-0.15, -0.1) is 11.6 Å². The maximum Gasteiger partial charge on any atom is 0.271 e. The number of alkyl halides is 1. The lowest BCUT2D eigenvalue weighted by Gasteiger charge is -2.21. The van der Waals surface area contributed by atoms with Crippen LogP contribution in [0.25, 0.3) is 0 Å². The summed E-state index contributed by atoms with van der Waals surface area (Å²) >= 11 is 5.73. The van der Waals surface area contributed by atoms with Gasteiger partial charge in [0.25, 0.3) is 5.91 Å². The third-order valence-corrected chi connectivity index (χ3v) is 4.33. The highest BCUT2D eigenvalue weighted by molar-refractivity contribution is 6.17. The van der Waals surface area contributed by atoms with E-state index in [4.69, 9.17) is 11.6 Å². The van der Waals surface area contributed by atoms with Gasteiger partial charge < -0.3 is 14.7 Å². The van der Waals surface area contributed by atoms with E-state index in [1.807, 2.05) is 21.7 Å². The van der Waals surface area contributed by atoms with Crippen LogP contribution in [0.2, 0.25) is 0 Å². The van der Waals surface area contributed by atoms with E-state index in [2.05, 4.69) is 12.1 Å². The number of amides is 1. The molecule has 0 radical (unpaired) electrons. The fourth-order valence-electron chi connectivity index (χ4n) is 2.80. The van der Waals surface area contributed by atoms with Crippen LogP contribution in [0.4, 0.5) is 0 Å². The summed E-state index contributed by atoms with van der Waals surface area (Å²) in [6, 6.07) is 1.88. The van der Waals surface area contributed by atoms with E-state index >= 15 is 0 Å². The molecule has 1 N–H and O–H groups in total. The molecule has 0 bridgehead atoms. The van der Waals surface area contributed by atoms with Crippen molar-refractivity contribution in [2.45, 2.75) is 45.6 Å². The van der Waals surface area contributed by atoms with Crippen molar-refractivity contribution >= 4 is 23.2 Å². The molecule has 5 nitrogen and oxygen atoms in total. The molecule has 0 aromatic carbocycles. The second kappa shape index (κ2) is 8.22. The summed E-state index contributed by atoms with van der Waals surface area (Å²) in [5.74, 6) is 0.668. The molecule has 2 heterocycles. The molecular formula is C16H24ClN3O2. The monoisotopic (exact) mass is 325 g/mol. The van der Waals surface area contributed by atoms with Gasteiger partial charge >= 0.3 is 0 Å². The highest BCUT2D eigenvalue weighted by atomic mass is 35.5. The highest BCUT2D eigenvalue weighted by Gasteiger charge is 2.28. The van der Waals surface area contributed by atoms with Crippen molar-refractivity contribution in [3.05, 3.63) is 23.5 Å². The molecule has 0 aliphatic carbocycles. The predicted molar refractivity (Wildman–Crippen MR) is 88.1 cm³/mol. The largest absolute Gasteiger partial charge is 0.411 e. The van der Waals surface area contributed by atoms with Gasteiger partial charge in [0.15, 0.2) is 0 Å². The molecule has 1 aliphatic heterocycles. The molecular weight excluding hydrogens is 302 g/mol. The Kier molecular flexibility index (Phi) is 6.31. The Balaban J connectivity index is 2.29. The average Bonchev–Trinajstić information content (AvgIpc) is 2.88. The lowest BCUT2D eigenvalue weighted by Crippen LogP contribution is -2.33. The van der Waals surface area contributed by atoms with E-state index in [1.54, 1.807) is 0 Å². The summed E-state index contributed by atoms with van der Waals surface area (Å²) in [6.45, 7) is 4.23. The Morgan fingerprint density at radius 3 is 2.82 bits per heavy atom. The fraction of sp³-hybridized carbons (Fsp3) is 0.625. The second-order valence-electron chi connectivity index (χ2n) is 5.61. The highest BCUT2D eigenvalue weighted by Crippen LogP contribution is 2.22. The fourth-order valence-corrected chi connectivity index (χ4v) is 2.99. The number of rotatable bonds is 7. The average molecular weight is 326 g/mol. The van der Waals surface area contributed by atoms with Gasteiger partial charge in [-0.25, -0.2) is 0 Å². The van der Waals surface area contributed by atoms with Gasteiger partial charge in [-0.1, -0.05) is 18.5 Å². The first-order valence-electron chi connectivity index (χ1n) is 7.98. The zero-order chi connectivity index (χ0) is 15.9. The molecule has 2 rings (SSSR count). The minimum absolute atomic E-state index is 0.0398. The van der Waals surface area contributed by atoms with Crippen LogP contribution >= 0.6 is 11.6 Å². The molecule has 1 amide bonds. The third kappa shape index (κ3) is 3.64. The molecule has 122 valence electrons. The zero-order valence-electron chi connectivity index (χ0n) is 13.1. The van der Waals surface area contributed by atoms with Gasteiger partial charge in [-0.2, -0.15) is 0 Å². The standard InChI is InChI=1S/C16H24ClN3O2/c1-2-3-9-20-12-7-14(18-22)13-6-11-19(10-5-4-8-17)15(13)16(20)21/h6,11,22H,2-5,7-10,12H2,1H3/b18-14+. The van der Waals surface area contributed by atoms with Crippen LogP contribution in [-0.4, -0.2) is 45.3 Å². The van der Waals surface area contributed by atoms with Crippen molar-refractivity contribution in [1.29, 1.82) is 0 Å². The minimum Gasteiger partial charge on any atom is -0.411 e. The van der Waals surface area contributed by atoms with Gasteiger partial charge in [-0.3, -0.25) is 4.79 Å². The maximum absolute atomic E-state index is 12.9. The number of aryl methyl sites for hydroxylation is 1. The lowest BCUT2D eigenvalue weighted by molar-refractivity contribution is 0.0750. The number of carbonyl (C=O) groups excluding carboxylic acids is 1. The Morgan fingerprint density at radius 1 is 1.32 bits per heavy atom. The number of hydrogen-bond acceptors (Lipinski definition) is 3. The van der Waals surface area contributed by atoms with Crippen LogP contribution in [-0.2, 0) is 6.54 Å². The Labute approximate surface area is 136 Å². The third-order valence-electron chi connectivity index (χ3n) is 4.07. The molecule has 0 unspecified atom stereocenters. The van der Waals surface area contributed by atoms with Gasteiger partial charge in [0.1, 0.15) is 5.69 Å². The van der Waals surface area contributed by atoms with Gasteiger partial charge in [0.05, 0.1) is 5.71 Å². The molecule has 1 aliphatic rings. The van der Waals surface area contributed by atoms with Crippen LogP contribution in [0.5, 0.6) is 0 Å². The number of nitrogens with zero attached hydrogens (tertiary/aromatic N) is 3. The number of aromatic nitrogens is 1. The Morgan fingerprint density at radius 2 is 2.14 bits per heavy atom. The molecule has 1 aromatic heterocycles. The number of fused-ring (bicyclic) bond motifs is 1. The molecule has 0 fully saturated rings. The Hall–Kier alpha value is -1.49. The van der Waals surface area contributed by atoms with Gasteiger partial charge in [0, 0.05) is 43.7 Å². The Bertz CT molecular complexity index is 539. The summed E-state index contributed by atoms with van der Waals surface area (Å²) in [5.41, 5.74) is 2.01. The van der Waals surface area contributed by atoms with E-state index in [0.29, 0.717) is 30.3 Å². The van der Waals surface area contributed by atoms with Crippen LogP contribution in [0.1, 0.15) is 55.1 Å². The number of hydrogen-bond donors (Lipinski definition) is 1. The molecule has 0 spiro atoms. The molecule has 22 heavy (non-hydrogen) atoms. The summed E-state index contributed by atoms with van der Waals surface area (Å²) in [4.78, 5) is 14.7. The number of carbonyl (C=O) groups is 1. The van der Waals surface area contributed by atoms with E-state index in [1.165, 1.54) is 0 Å². The van der Waals surface area contributed by atoms with Crippen molar-refractivity contribution in [2.75, 3.05) is 19.0 Å². The van der Waals surface area contributed by atoms with E-state index < -0.39 is 0 Å². The van der Waals surface area contributed by atoms with E-state index in [0.717, 1.165) is 44.3 Å². The molecule has 0 saturated heterocycles.